The molecule has 0 radical (unpaired) electrons. The van der Waals surface area contributed by atoms with Gasteiger partial charge in [-0.05, 0) is 95.3 Å². The zero-order valence-corrected chi connectivity index (χ0v) is 32.9. The molecule has 1 aromatic carbocycles. The van der Waals surface area contributed by atoms with Crippen molar-refractivity contribution in [2.45, 2.75) is 117 Å². The van der Waals surface area contributed by atoms with Gasteiger partial charge in [0.1, 0.15) is 0 Å². The van der Waals surface area contributed by atoms with Gasteiger partial charge >= 0.3 is 7.12 Å². The molecule has 0 unspecified atom stereocenters. The van der Waals surface area contributed by atoms with E-state index in [0.29, 0.717) is 19.6 Å². The van der Waals surface area contributed by atoms with E-state index >= 15 is 0 Å². The number of aliphatic hydroxyl groups is 1. The van der Waals surface area contributed by atoms with Crippen molar-refractivity contribution in [1.29, 1.82) is 0 Å². The van der Waals surface area contributed by atoms with Crippen LogP contribution in [0.25, 0.3) is 22.2 Å². The highest BCUT2D eigenvalue weighted by Crippen LogP contribution is 2.43. The average Bonchev–Trinajstić information content (AvgIpc) is 3.91. The minimum Gasteiger partial charge on any atom is -0.399 e. The van der Waals surface area contributed by atoms with Gasteiger partial charge in [-0.15, -0.1) is 0 Å². The number of aromatic nitrogens is 2. The normalized spacial score (nSPS) is 22.1. The summed E-state index contributed by atoms with van der Waals surface area (Å²) < 4.78 is 33.7. The van der Waals surface area contributed by atoms with Crippen LogP contribution in [0.2, 0.25) is 0 Å². The first-order valence-electron chi connectivity index (χ1n) is 19.6. The van der Waals surface area contributed by atoms with E-state index in [1.54, 1.807) is 7.11 Å². The fraction of sp³-hybridized carbons (Fsp3) is 0.683. The van der Waals surface area contributed by atoms with Crippen LogP contribution in [0.1, 0.15) is 91.5 Å². The van der Waals surface area contributed by atoms with Gasteiger partial charge in [-0.25, -0.2) is 0 Å². The predicted octanol–water partition coefficient (Wildman–Crippen LogP) is 5.75. The average molecular weight is 717 g/mol. The van der Waals surface area contributed by atoms with Crippen LogP contribution in [0.4, 0.5) is 5.69 Å². The maximum Gasteiger partial charge on any atom is 0.494 e. The molecule has 3 aromatic rings. The van der Waals surface area contributed by atoms with Gasteiger partial charge in [0.2, 0.25) is 0 Å². The first-order chi connectivity index (χ1) is 24.8. The molecule has 4 aliphatic rings. The number of ether oxygens (including phenoxy) is 3. The Balaban J connectivity index is 1.37. The van der Waals surface area contributed by atoms with E-state index in [2.05, 4.69) is 87.1 Å². The van der Waals surface area contributed by atoms with Gasteiger partial charge in [-0.3, -0.25) is 9.88 Å². The van der Waals surface area contributed by atoms with Crippen molar-refractivity contribution in [2.75, 3.05) is 64.6 Å². The molecule has 1 N–H and O–H groups in total. The van der Waals surface area contributed by atoms with Crippen molar-refractivity contribution in [3.05, 3.63) is 41.7 Å². The van der Waals surface area contributed by atoms with Gasteiger partial charge in [-0.1, -0.05) is 26.0 Å². The first kappa shape index (κ1) is 37.8. The van der Waals surface area contributed by atoms with E-state index in [-0.39, 0.29) is 24.2 Å². The number of fused-ring (bicyclic) bond motifs is 1. The number of benzene rings is 1. The summed E-state index contributed by atoms with van der Waals surface area (Å²) in [5.74, 6) is 0. The second-order valence-corrected chi connectivity index (χ2v) is 17.3. The fourth-order valence-corrected chi connectivity index (χ4v) is 8.02. The van der Waals surface area contributed by atoms with E-state index in [1.165, 1.54) is 18.4 Å². The SMILES string of the molecule is CO[C@@H](C)c1ncc(N2CCN(C3CC3)CC2)cc1-c1c(CC(C)(C)CO)c2cc(B3OC(C)(C)C(C)(C)O3)ccc2n1CCOC1CCOCC1. The van der Waals surface area contributed by atoms with Crippen molar-refractivity contribution in [1.82, 2.24) is 14.5 Å². The molecule has 11 heteroatoms. The van der Waals surface area contributed by atoms with Gasteiger partial charge in [0.25, 0.3) is 0 Å². The third-order valence-electron chi connectivity index (χ3n) is 12.3. The number of hydrogen-bond donors (Lipinski definition) is 1. The highest BCUT2D eigenvalue weighted by atomic mass is 16.7. The summed E-state index contributed by atoms with van der Waals surface area (Å²) in [6, 6.07) is 9.75. The van der Waals surface area contributed by atoms with Gasteiger partial charge in [-0.2, -0.15) is 0 Å². The summed E-state index contributed by atoms with van der Waals surface area (Å²) in [7, 11) is 1.27. The third-order valence-corrected chi connectivity index (χ3v) is 12.3. The second-order valence-electron chi connectivity index (χ2n) is 17.3. The number of nitrogens with zero attached hydrogens (tertiary/aromatic N) is 4. The Labute approximate surface area is 311 Å². The van der Waals surface area contributed by atoms with E-state index in [9.17, 15) is 5.11 Å². The van der Waals surface area contributed by atoms with Crippen molar-refractivity contribution in [3.8, 4) is 11.3 Å². The molecule has 0 bridgehead atoms. The highest BCUT2D eigenvalue weighted by Gasteiger charge is 2.52. The lowest BCUT2D eigenvalue weighted by Crippen LogP contribution is -2.47. The van der Waals surface area contributed by atoms with Gasteiger partial charge in [0.15, 0.2) is 0 Å². The summed E-state index contributed by atoms with van der Waals surface area (Å²) in [5, 5.41) is 11.8. The molecule has 3 aliphatic heterocycles. The molecular formula is C41H61BN4O6. The number of hydrogen-bond acceptors (Lipinski definition) is 9. The monoisotopic (exact) mass is 716 g/mol. The quantitative estimate of drug-likeness (QED) is 0.222. The maximum atomic E-state index is 10.7. The Kier molecular flexibility index (Phi) is 10.9. The number of pyridine rings is 1. The van der Waals surface area contributed by atoms with E-state index < -0.39 is 18.3 Å². The standard InChI is InChI=1S/C41H61BN4O6/c1-28(48-8)37-34(24-31(26-43-37)45-17-15-44(16-18-45)30-10-11-30)38-35(25-39(2,3)27-47)33-23-29(42-51-40(4,5)41(6,7)52-42)9-12-36(33)46(38)19-22-50-32-13-20-49-21-14-32/h9,12,23-24,26,28,30,32,47H,10-11,13-22,25,27H2,1-8H3/t28-/m0/s1. The summed E-state index contributed by atoms with van der Waals surface area (Å²) in [4.78, 5) is 10.3. The van der Waals surface area contributed by atoms with Crippen molar-refractivity contribution < 1.29 is 28.6 Å². The third kappa shape index (κ3) is 7.70. The molecule has 2 aromatic heterocycles. The Bertz CT molecular complexity index is 1690. The van der Waals surface area contributed by atoms with Gasteiger partial charge < -0.3 is 38.1 Å². The molecule has 7 rings (SSSR count). The van der Waals surface area contributed by atoms with Crippen LogP contribution in [-0.2, 0) is 36.5 Å². The largest absolute Gasteiger partial charge is 0.494 e. The van der Waals surface area contributed by atoms with E-state index in [4.69, 9.17) is 28.5 Å². The highest BCUT2D eigenvalue weighted by molar-refractivity contribution is 6.62. The molecule has 3 saturated heterocycles. The fourth-order valence-electron chi connectivity index (χ4n) is 8.02. The number of anilines is 1. The number of piperazine rings is 1. The topological polar surface area (TPSA) is 90.7 Å². The van der Waals surface area contributed by atoms with Crippen LogP contribution in [0.15, 0.2) is 30.5 Å². The Morgan fingerprint density at radius 3 is 2.33 bits per heavy atom. The van der Waals surface area contributed by atoms with Crippen LogP contribution in [0.5, 0.6) is 0 Å². The lowest BCUT2D eigenvalue weighted by molar-refractivity contribution is -0.0336. The zero-order valence-electron chi connectivity index (χ0n) is 32.9. The van der Waals surface area contributed by atoms with Crippen molar-refractivity contribution >= 4 is 29.2 Å². The molecule has 1 aliphatic carbocycles. The maximum absolute atomic E-state index is 10.7. The minimum absolute atomic E-state index is 0.0633. The Morgan fingerprint density at radius 2 is 1.69 bits per heavy atom. The van der Waals surface area contributed by atoms with Gasteiger partial charge in [0.05, 0.1) is 53.3 Å². The zero-order chi connectivity index (χ0) is 36.8. The summed E-state index contributed by atoms with van der Waals surface area (Å²) in [5.41, 5.74) is 6.25. The van der Waals surface area contributed by atoms with Crippen LogP contribution in [0, 0.1) is 5.41 Å². The molecule has 5 heterocycles. The Hall–Kier alpha value is -2.51. The smallest absolute Gasteiger partial charge is 0.399 e. The summed E-state index contributed by atoms with van der Waals surface area (Å²) in [6.07, 6.45) is 7.19. The molecule has 0 amide bonds. The Morgan fingerprint density at radius 1 is 1.00 bits per heavy atom. The van der Waals surface area contributed by atoms with Crippen LogP contribution < -0.4 is 10.4 Å². The minimum atomic E-state index is -0.486. The van der Waals surface area contributed by atoms with Crippen LogP contribution in [-0.4, -0.2) is 110 Å². The number of methoxy groups -OCH3 is 1. The van der Waals surface area contributed by atoms with Crippen molar-refractivity contribution in [3.63, 3.8) is 0 Å². The number of aliphatic hydroxyl groups excluding tert-OH is 1. The van der Waals surface area contributed by atoms with Crippen LogP contribution >= 0.6 is 0 Å². The summed E-state index contributed by atoms with van der Waals surface area (Å²) >= 11 is 0. The molecule has 1 saturated carbocycles. The van der Waals surface area contributed by atoms with E-state index in [1.807, 2.05) is 6.20 Å². The molecular weight excluding hydrogens is 655 g/mol. The lowest BCUT2D eigenvalue weighted by atomic mass is 9.77. The molecule has 1 atom stereocenters. The molecule has 0 spiro atoms. The second kappa shape index (κ2) is 15.0. The molecule has 52 heavy (non-hydrogen) atoms. The first-order valence-corrected chi connectivity index (χ1v) is 19.6. The number of rotatable bonds is 13. The van der Waals surface area contributed by atoms with Crippen molar-refractivity contribution in [2.24, 2.45) is 5.41 Å². The van der Waals surface area contributed by atoms with Gasteiger partial charge in [0, 0.05) is 82.2 Å². The lowest BCUT2D eigenvalue weighted by Gasteiger charge is -2.36. The summed E-state index contributed by atoms with van der Waals surface area (Å²) in [6.45, 7) is 21.7. The molecule has 10 nitrogen and oxygen atoms in total. The predicted molar refractivity (Wildman–Crippen MR) is 207 cm³/mol. The van der Waals surface area contributed by atoms with E-state index in [0.717, 1.165) is 97.3 Å². The van der Waals surface area contributed by atoms with Crippen LogP contribution in [0.3, 0.4) is 0 Å². The molecule has 284 valence electrons. The molecule has 4 fully saturated rings.